The van der Waals surface area contributed by atoms with Gasteiger partial charge in [0.1, 0.15) is 0 Å². The van der Waals surface area contributed by atoms with E-state index in [1.807, 2.05) is 66.9 Å². The monoisotopic (exact) mass is 563 g/mol. The van der Waals surface area contributed by atoms with E-state index in [2.05, 4.69) is 4.98 Å². The number of nitrogens with zero attached hydrogens (tertiary/aromatic N) is 1. The fourth-order valence-corrected chi connectivity index (χ4v) is 5.48. The van der Waals surface area contributed by atoms with E-state index in [4.69, 9.17) is 4.74 Å². The fraction of sp³-hybridized carbons (Fsp3) is 0.290. The van der Waals surface area contributed by atoms with Crippen LogP contribution in [0.1, 0.15) is 37.5 Å². The van der Waals surface area contributed by atoms with Gasteiger partial charge in [-0.3, -0.25) is 4.98 Å². The van der Waals surface area contributed by atoms with E-state index in [0.29, 0.717) is 16.7 Å². The lowest BCUT2D eigenvalue weighted by Gasteiger charge is -2.27. The summed E-state index contributed by atoms with van der Waals surface area (Å²) in [6.45, 7) is 5.24. The van der Waals surface area contributed by atoms with Crippen molar-refractivity contribution < 1.29 is 23.1 Å². The molecule has 1 heterocycles. The first kappa shape index (κ1) is 28.8. The third kappa shape index (κ3) is 5.73. The van der Waals surface area contributed by atoms with Crippen LogP contribution in [0.25, 0.3) is 22.0 Å². The predicted molar refractivity (Wildman–Crippen MR) is 158 cm³/mol. The largest absolute Gasteiger partial charge is 0.464 e. The molecule has 4 aromatic rings. The van der Waals surface area contributed by atoms with Crippen molar-refractivity contribution in [3.63, 3.8) is 0 Å². The Labute approximate surface area is 234 Å². The summed E-state index contributed by atoms with van der Waals surface area (Å²) in [6.07, 6.45) is 4.90. The molecule has 4 rings (SSSR count). The van der Waals surface area contributed by atoms with Crippen LogP contribution >= 0.6 is 11.8 Å². The lowest BCUT2D eigenvalue weighted by Crippen LogP contribution is -2.39. The predicted octanol–water partition coefficient (Wildman–Crippen LogP) is 5.90. The third-order valence-electron chi connectivity index (χ3n) is 7.21. The highest BCUT2D eigenvalue weighted by Gasteiger charge is 2.40. The van der Waals surface area contributed by atoms with Crippen LogP contribution in [-0.4, -0.2) is 43.6 Å². The molecule has 0 saturated carbocycles. The zero-order chi connectivity index (χ0) is 28.4. The standard InChI is InChI=1S/C31H33NO5S2/c1-6-37-29(33)31(34,24-12-14-26(38-4)15-13-24)20-21-9-7-10-22(17-21)27-19-25(30(2,3)39(5,35)36)18-23-11-8-16-32-28(23)27/h7-19,34H,6,20H2,1-5H3. The number of fused-ring (bicyclic) bond motifs is 1. The summed E-state index contributed by atoms with van der Waals surface area (Å²) in [6, 6.07) is 22.2. The van der Waals surface area contributed by atoms with Crippen LogP contribution in [0.2, 0.25) is 0 Å². The Kier molecular flexibility index (Phi) is 8.21. The minimum absolute atomic E-state index is 0.00181. The molecule has 1 unspecified atom stereocenters. The molecule has 204 valence electrons. The Hall–Kier alpha value is -3.20. The van der Waals surface area contributed by atoms with Crippen molar-refractivity contribution >= 4 is 38.5 Å². The van der Waals surface area contributed by atoms with E-state index in [9.17, 15) is 18.3 Å². The summed E-state index contributed by atoms with van der Waals surface area (Å²) in [4.78, 5) is 18.7. The Morgan fingerprint density at radius 1 is 1.00 bits per heavy atom. The zero-order valence-corrected chi connectivity index (χ0v) is 24.4. The third-order valence-corrected chi connectivity index (χ3v) is 10.0. The van der Waals surface area contributed by atoms with E-state index in [0.717, 1.165) is 26.9 Å². The summed E-state index contributed by atoms with van der Waals surface area (Å²) in [5.74, 6) is -0.712. The van der Waals surface area contributed by atoms with Crippen LogP contribution < -0.4 is 0 Å². The minimum atomic E-state index is -3.41. The number of carbonyl (C=O) groups excluding carboxylic acids is 1. The Bertz CT molecular complexity index is 1610. The highest BCUT2D eigenvalue weighted by atomic mass is 32.2. The summed E-state index contributed by atoms with van der Waals surface area (Å²) in [7, 11) is -3.41. The average Bonchev–Trinajstić information content (AvgIpc) is 2.92. The number of thioether (sulfide) groups is 1. The number of ether oxygens (including phenoxy) is 1. The molecule has 0 aliphatic heterocycles. The second kappa shape index (κ2) is 11.1. The molecular formula is C31H33NO5S2. The van der Waals surface area contributed by atoms with Crippen LogP contribution in [0.5, 0.6) is 0 Å². The molecule has 1 atom stereocenters. The van der Waals surface area contributed by atoms with E-state index >= 15 is 0 Å². The van der Waals surface area contributed by atoms with Crippen LogP contribution in [0.15, 0.2) is 83.9 Å². The molecule has 0 spiro atoms. The second-order valence-corrected chi connectivity index (χ2v) is 13.5. The summed E-state index contributed by atoms with van der Waals surface area (Å²) in [5.41, 5.74) is 2.24. The van der Waals surface area contributed by atoms with Gasteiger partial charge >= 0.3 is 5.97 Å². The van der Waals surface area contributed by atoms with Gasteiger partial charge in [0.25, 0.3) is 0 Å². The zero-order valence-electron chi connectivity index (χ0n) is 22.8. The highest BCUT2D eigenvalue weighted by molar-refractivity contribution is 7.98. The molecule has 1 N–H and O–H groups in total. The van der Waals surface area contributed by atoms with Gasteiger partial charge in [0.2, 0.25) is 0 Å². The topological polar surface area (TPSA) is 93.6 Å². The second-order valence-electron chi connectivity index (χ2n) is 10.1. The van der Waals surface area contributed by atoms with Crippen molar-refractivity contribution in [3.8, 4) is 11.1 Å². The first-order valence-electron chi connectivity index (χ1n) is 12.6. The van der Waals surface area contributed by atoms with Crippen molar-refractivity contribution in [2.45, 2.75) is 42.4 Å². The van der Waals surface area contributed by atoms with Gasteiger partial charge in [-0.25, -0.2) is 13.2 Å². The van der Waals surface area contributed by atoms with E-state index in [1.54, 1.807) is 50.9 Å². The maximum absolute atomic E-state index is 13.1. The van der Waals surface area contributed by atoms with Crippen molar-refractivity contribution in [2.24, 2.45) is 0 Å². The molecule has 0 amide bonds. The van der Waals surface area contributed by atoms with Gasteiger partial charge in [0, 0.05) is 34.7 Å². The van der Waals surface area contributed by atoms with Crippen molar-refractivity contribution in [2.75, 3.05) is 19.1 Å². The smallest absolute Gasteiger partial charge is 0.343 e. The van der Waals surface area contributed by atoms with Gasteiger partial charge in [0.05, 0.1) is 16.9 Å². The number of carbonyl (C=O) groups is 1. The SMILES string of the molecule is CCOC(=O)C(O)(Cc1cccc(-c2cc(C(C)(C)S(C)(=O)=O)cc3cccnc23)c1)c1ccc(SC)cc1. The van der Waals surface area contributed by atoms with Crippen LogP contribution in [0.3, 0.4) is 0 Å². The fourth-order valence-electron chi connectivity index (χ4n) is 4.53. The number of sulfone groups is 1. The van der Waals surface area contributed by atoms with E-state index in [1.165, 1.54) is 6.26 Å². The van der Waals surface area contributed by atoms with Crippen molar-refractivity contribution in [1.82, 2.24) is 4.98 Å². The van der Waals surface area contributed by atoms with Gasteiger partial charge in [-0.15, -0.1) is 11.8 Å². The number of aliphatic hydroxyl groups is 1. The van der Waals surface area contributed by atoms with Crippen molar-refractivity contribution in [1.29, 1.82) is 0 Å². The van der Waals surface area contributed by atoms with Crippen LogP contribution in [0.4, 0.5) is 0 Å². The van der Waals surface area contributed by atoms with Gasteiger partial charge in [-0.05, 0) is 79.6 Å². The first-order chi connectivity index (χ1) is 18.4. The molecule has 0 aliphatic rings. The molecule has 39 heavy (non-hydrogen) atoms. The Morgan fingerprint density at radius 3 is 2.36 bits per heavy atom. The van der Waals surface area contributed by atoms with Crippen molar-refractivity contribution in [3.05, 3.63) is 95.7 Å². The van der Waals surface area contributed by atoms with E-state index in [-0.39, 0.29) is 13.0 Å². The van der Waals surface area contributed by atoms with Gasteiger partial charge in [0.15, 0.2) is 15.4 Å². The average molecular weight is 564 g/mol. The minimum Gasteiger partial charge on any atom is -0.464 e. The number of aromatic nitrogens is 1. The van der Waals surface area contributed by atoms with Gasteiger partial charge in [-0.1, -0.05) is 42.5 Å². The number of esters is 1. The molecule has 0 fully saturated rings. The Morgan fingerprint density at radius 2 is 1.72 bits per heavy atom. The summed E-state index contributed by atoms with van der Waals surface area (Å²) in [5, 5.41) is 12.5. The molecule has 0 saturated heterocycles. The summed E-state index contributed by atoms with van der Waals surface area (Å²) >= 11 is 1.57. The van der Waals surface area contributed by atoms with Crippen LogP contribution in [0, 0.1) is 0 Å². The molecule has 1 aromatic heterocycles. The highest BCUT2D eigenvalue weighted by Crippen LogP contribution is 2.37. The van der Waals surface area contributed by atoms with Gasteiger partial charge < -0.3 is 9.84 Å². The molecule has 3 aromatic carbocycles. The van der Waals surface area contributed by atoms with Gasteiger partial charge in [-0.2, -0.15) is 0 Å². The molecule has 0 aliphatic carbocycles. The number of hydrogen-bond acceptors (Lipinski definition) is 7. The molecule has 0 radical (unpaired) electrons. The quantitative estimate of drug-likeness (QED) is 0.200. The number of pyridine rings is 1. The normalized spacial score (nSPS) is 13.7. The Balaban J connectivity index is 1.83. The van der Waals surface area contributed by atoms with Crippen LogP contribution in [-0.2, 0) is 36.1 Å². The number of hydrogen-bond donors (Lipinski definition) is 1. The molecular weight excluding hydrogens is 530 g/mol. The maximum Gasteiger partial charge on any atom is 0.343 e. The number of benzene rings is 3. The van der Waals surface area contributed by atoms with E-state index < -0.39 is 26.2 Å². The lowest BCUT2D eigenvalue weighted by atomic mass is 9.86. The lowest BCUT2D eigenvalue weighted by molar-refractivity contribution is -0.166. The summed E-state index contributed by atoms with van der Waals surface area (Å²) < 4.78 is 29.5. The molecule has 0 bridgehead atoms. The number of rotatable bonds is 9. The maximum atomic E-state index is 13.1. The molecule has 8 heteroatoms. The molecule has 6 nitrogen and oxygen atoms in total. The first-order valence-corrected chi connectivity index (χ1v) is 15.7.